The Kier molecular flexibility index (Phi) is 4.01. The molecule has 1 atom stereocenters. The van der Waals surface area contributed by atoms with Crippen molar-refractivity contribution >= 4 is 17.8 Å². The molecule has 19 heavy (non-hydrogen) atoms. The van der Waals surface area contributed by atoms with Gasteiger partial charge in [-0.3, -0.25) is 5.43 Å². The van der Waals surface area contributed by atoms with E-state index in [2.05, 4.69) is 44.3 Å². The number of nitrogen functional groups attached to an aromatic ring is 1. The van der Waals surface area contributed by atoms with Crippen molar-refractivity contribution in [3.05, 3.63) is 0 Å². The van der Waals surface area contributed by atoms with Crippen LogP contribution in [0.2, 0.25) is 0 Å². The molecule has 8 heteroatoms. The van der Waals surface area contributed by atoms with Gasteiger partial charge in [-0.2, -0.15) is 15.0 Å². The fourth-order valence-corrected chi connectivity index (χ4v) is 2.10. The van der Waals surface area contributed by atoms with Gasteiger partial charge in [0.15, 0.2) is 0 Å². The van der Waals surface area contributed by atoms with Crippen molar-refractivity contribution in [2.75, 3.05) is 56.5 Å². The predicted octanol–water partition coefficient (Wildman–Crippen LogP) is -0.636. The highest BCUT2D eigenvalue weighted by molar-refractivity contribution is 5.44. The van der Waals surface area contributed by atoms with Crippen LogP contribution in [0, 0.1) is 0 Å². The molecule has 2 rings (SSSR count). The Balaban J connectivity index is 2.22. The topological polar surface area (TPSA) is 86.4 Å². The molecule has 0 amide bonds. The van der Waals surface area contributed by atoms with Crippen LogP contribution in [0.3, 0.4) is 0 Å². The summed E-state index contributed by atoms with van der Waals surface area (Å²) in [7, 11) is 7.98. The summed E-state index contributed by atoms with van der Waals surface area (Å²) in [5, 5.41) is 0. The van der Waals surface area contributed by atoms with E-state index in [1.807, 2.05) is 19.0 Å². The van der Waals surface area contributed by atoms with Gasteiger partial charge in [0.1, 0.15) is 0 Å². The molecule has 0 spiro atoms. The fraction of sp³-hybridized carbons (Fsp3) is 0.727. The van der Waals surface area contributed by atoms with Crippen molar-refractivity contribution in [1.82, 2.24) is 19.9 Å². The maximum atomic E-state index is 5.41. The second-order valence-electron chi connectivity index (χ2n) is 5.15. The molecule has 0 radical (unpaired) electrons. The SMILES string of the molecule is CN(C)c1nc(NN)nc(N2CCC(N(C)C)C2)n1. The van der Waals surface area contributed by atoms with E-state index in [1.54, 1.807) is 0 Å². The van der Waals surface area contributed by atoms with Crippen molar-refractivity contribution in [2.45, 2.75) is 12.5 Å². The van der Waals surface area contributed by atoms with Crippen LogP contribution in [-0.2, 0) is 0 Å². The van der Waals surface area contributed by atoms with Crippen molar-refractivity contribution in [1.29, 1.82) is 0 Å². The summed E-state index contributed by atoms with van der Waals surface area (Å²) in [6.07, 6.45) is 1.11. The van der Waals surface area contributed by atoms with Crippen molar-refractivity contribution in [3.63, 3.8) is 0 Å². The van der Waals surface area contributed by atoms with Gasteiger partial charge in [0.2, 0.25) is 17.8 Å². The molecule has 8 nitrogen and oxygen atoms in total. The van der Waals surface area contributed by atoms with Gasteiger partial charge < -0.3 is 14.7 Å². The lowest BCUT2D eigenvalue weighted by atomic mass is 10.2. The number of rotatable bonds is 4. The van der Waals surface area contributed by atoms with E-state index < -0.39 is 0 Å². The zero-order valence-corrected chi connectivity index (χ0v) is 12.0. The average Bonchev–Trinajstić information content (AvgIpc) is 2.87. The van der Waals surface area contributed by atoms with E-state index in [4.69, 9.17) is 5.84 Å². The summed E-state index contributed by atoms with van der Waals surface area (Å²) in [6.45, 7) is 1.87. The molecule has 1 aliphatic heterocycles. The minimum Gasteiger partial charge on any atom is -0.347 e. The first kappa shape index (κ1) is 13.8. The molecule has 1 saturated heterocycles. The third kappa shape index (κ3) is 3.02. The third-order valence-corrected chi connectivity index (χ3v) is 3.32. The molecule has 1 aromatic heterocycles. The first-order valence-corrected chi connectivity index (χ1v) is 6.32. The minimum atomic E-state index is 0.391. The standard InChI is InChI=1S/C11H22N8/c1-17(2)8-5-6-19(7-8)11-14-9(16-12)13-10(15-11)18(3)4/h8H,5-7,12H2,1-4H3,(H,13,14,15,16). The predicted molar refractivity (Wildman–Crippen MR) is 76.3 cm³/mol. The van der Waals surface area contributed by atoms with Gasteiger partial charge in [0, 0.05) is 33.2 Å². The van der Waals surface area contributed by atoms with E-state index in [1.165, 1.54) is 0 Å². The smallest absolute Gasteiger partial charge is 0.243 e. The molecule has 1 unspecified atom stereocenters. The van der Waals surface area contributed by atoms with Gasteiger partial charge in [-0.05, 0) is 20.5 Å². The van der Waals surface area contributed by atoms with Crippen LogP contribution in [0.1, 0.15) is 6.42 Å². The maximum absolute atomic E-state index is 5.41. The molecular weight excluding hydrogens is 244 g/mol. The Morgan fingerprint density at radius 2 is 1.95 bits per heavy atom. The Morgan fingerprint density at radius 3 is 2.47 bits per heavy atom. The first-order chi connectivity index (χ1) is 9.01. The molecule has 1 fully saturated rings. The van der Waals surface area contributed by atoms with Crippen LogP contribution in [0.25, 0.3) is 0 Å². The Bertz CT molecular complexity index is 433. The molecule has 1 aromatic rings. The monoisotopic (exact) mass is 266 g/mol. The van der Waals surface area contributed by atoms with Crippen molar-refractivity contribution in [3.8, 4) is 0 Å². The lowest BCUT2D eigenvalue weighted by Gasteiger charge is -2.21. The number of hydrogen-bond acceptors (Lipinski definition) is 8. The zero-order chi connectivity index (χ0) is 14.0. The number of nitrogens with zero attached hydrogens (tertiary/aromatic N) is 6. The summed E-state index contributed by atoms with van der Waals surface area (Å²) in [6, 6.07) is 0.536. The molecule has 0 aliphatic carbocycles. The van der Waals surface area contributed by atoms with Crippen LogP contribution < -0.4 is 21.1 Å². The number of hydrogen-bond donors (Lipinski definition) is 2. The van der Waals surface area contributed by atoms with Crippen molar-refractivity contribution < 1.29 is 0 Å². The van der Waals surface area contributed by atoms with Crippen LogP contribution in [0.5, 0.6) is 0 Å². The lowest BCUT2D eigenvalue weighted by molar-refractivity contribution is 0.315. The van der Waals surface area contributed by atoms with E-state index in [0.29, 0.717) is 23.9 Å². The first-order valence-electron chi connectivity index (χ1n) is 6.32. The molecule has 0 saturated carbocycles. The van der Waals surface area contributed by atoms with E-state index in [9.17, 15) is 0 Å². The van der Waals surface area contributed by atoms with Gasteiger partial charge in [-0.15, -0.1) is 0 Å². The molecule has 0 aromatic carbocycles. The summed E-state index contributed by atoms with van der Waals surface area (Å²) in [5.74, 6) is 7.08. The summed E-state index contributed by atoms with van der Waals surface area (Å²) in [4.78, 5) is 19.3. The number of hydrazine groups is 1. The molecule has 0 bridgehead atoms. The van der Waals surface area contributed by atoms with E-state index in [-0.39, 0.29) is 0 Å². The number of aromatic nitrogens is 3. The zero-order valence-electron chi connectivity index (χ0n) is 12.0. The normalized spacial score (nSPS) is 19.1. The van der Waals surface area contributed by atoms with Gasteiger partial charge in [-0.1, -0.05) is 0 Å². The largest absolute Gasteiger partial charge is 0.347 e. The number of likely N-dealkylation sites (N-methyl/N-ethyl adjacent to an activating group) is 1. The third-order valence-electron chi connectivity index (χ3n) is 3.32. The second kappa shape index (κ2) is 5.54. The highest BCUT2D eigenvalue weighted by Gasteiger charge is 2.26. The highest BCUT2D eigenvalue weighted by Crippen LogP contribution is 2.21. The number of anilines is 3. The van der Waals surface area contributed by atoms with Crippen LogP contribution >= 0.6 is 0 Å². The maximum Gasteiger partial charge on any atom is 0.243 e. The molecule has 2 heterocycles. The van der Waals surface area contributed by atoms with Gasteiger partial charge >= 0.3 is 0 Å². The quantitative estimate of drug-likeness (QED) is 0.550. The Labute approximate surface area is 113 Å². The van der Waals surface area contributed by atoms with Crippen LogP contribution in [0.15, 0.2) is 0 Å². The lowest BCUT2D eigenvalue weighted by Crippen LogP contribution is -2.32. The molecule has 3 N–H and O–H groups in total. The number of nitrogens with one attached hydrogen (secondary N) is 1. The van der Waals surface area contributed by atoms with Crippen LogP contribution in [0.4, 0.5) is 17.8 Å². The fourth-order valence-electron chi connectivity index (χ4n) is 2.10. The summed E-state index contributed by atoms with van der Waals surface area (Å²) in [5.41, 5.74) is 2.49. The van der Waals surface area contributed by atoms with Gasteiger partial charge in [-0.25, -0.2) is 5.84 Å². The second-order valence-corrected chi connectivity index (χ2v) is 5.15. The van der Waals surface area contributed by atoms with E-state index in [0.717, 1.165) is 19.5 Å². The summed E-state index contributed by atoms with van der Waals surface area (Å²) < 4.78 is 0. The Hall–Kier alpha value is -1.67. The molecular formula is C11H22N8. The van der Waals surface area contributed by atoms with Gasteiger partial charge in [0.05, 0.1) is 0 Å². The highest BCUT2D eigenvalue weighted by atomic mass is 15.4. The summed E-state index contributed by atoms with van der Waals surface area (Å²) >= 11 is 0. The Morgan fingerprint density at radius 1 is 1.21 bits per heavy atom. The van der Waals surface area contributed by atoms with Crippen LogP contribution in [-0.4, -0.2) is 67.2 Å². The number of nitrogens with two attached hydrogens (primary N) is 1. The average molecular weight is 266 g/mol. The molecule has 1 aliphatic rings. The van der Waals surface area contributed by atoms with Crippen molar-refractivity contribution in [2.24, 2.45) is 5.84 Å². The minimum absolute atomic E-state index is 0.391. The van der Waals surface area contributed by atoms with Gasteiger partial charge in [0.25, 0.3) is 0 Å². The molecule has 106 valence electrons. The van der Waals surface area contributed by atoms with E-state index >= 15 is 0 Å².